The molecule has 4 heteroatoms. The van der Waals surface area contributed by atoms with Gasteiger partial charge in [0.1, 0.15) is 17.5 Å². The summed E-state index contributed by atoms with van der Waals surface area (Å²) >= 11 is 0. The molecule has 0 atom stereocenters. The maximum Gasteiger partial charge on any atom is 0.141 e. The number of hydrogen-bond donors (Lipinski definition) is 0. The number of rotatable bonds is 3. The molecule has 0 aliphatic rings. The second-order valence-electron chi connectivity index (χ2n) is 6.75. The molecule has 4 nitrogen and oxygen atoms in total. The Morgan fingerprint density at radius 3 is 2.46 bits per heavy atom. The van der Waals surface area contributed by atoms with Crippen molar-refractivity contribution < 1.29 is 0 Å². The van der Waals surface area contributed by atoms with Gasteiger partial charge in [0.05, 0.1) is 18.3 Å². The second kappa shape index (κ2) is 6.64. The maximum atomic E-state index is 9.30. The lowest BCUT2D eigenvalue weighted by Crippen LogP contribution is -2.01. The number of fused-ring (bicyclic) bond motifs is 2. The van der Waals surface area contributed by atoms with E-state index < -0.39 is 0 Å². The zero-order valence-corrected chi connectivity index (χ0v) is 15.1. The third kappa shape index (κ3) is 2.80. The van der Waals surface area contributed by atoms with Crippen LogP contribution in [0, 0.1) is 11.3 Å². The van der Waals surface area contributed by atoms with E-state index >= 15 is 0 Å². The minimum Gasteiger partial charge on any atom is -0.258 e. The van der Waals surface area contributed by atoms with Crippen LogP contribution in [0.5, 0.6) is 0 Å². The van der Waals surface area contributed by atoms with E-state index in [2.05, 4.69) is 53.5 Å². The highest BCUT2D eigenvalue weighted by Crippen LogP contribution is 2.30. The summed E-state index contributed by atoms with van der Waals surface area (Å²) < 4.78 is 1.96. The van der Waals surface area contributed by atoms with E-state index in [1.807, 2.05) is 41.1 Å². The van der Waals surface area contributed by atoms with Crippen LogP contribution in [-0.2, 0) is 6.54 Å². The van der Waals surface area contributed by atoms with Gasteiger partial charge in [-0.2, -0.15) is 10.4 Å². The highest BCUT2D eigenvalue weighted by Gasteiger charge is 2.14. The fourth-order valence-corrected chi connectivity index (χ4v) is 3.56. The summed E-state index contributed by atoms with van der Waals surface area (Å²) in [5, 5.41) is 17.5. The number of aromatic nitrogens is 3. The molecule has 0 fully saturated rings. The first-order valence-corrected chi connectivity index (χ1v) is 9.11. The van der Waals surface area contributed by atoms with E-state index in [0.29, 0.717) is 12.2 Å². The lowest BCUT2D eigenvalue weighted by Gasteiger charge is -2.03. The Balaban J connectivity index is 1.71. The summed E-state index contributed by atoms with van der Waals surface area (Å²) in [5.41, 5.74) is 4.39. The summed E-state index contributed by atoms with van der Waals surface area (Å²) in [4.78, 5) is 4.26. The molecule has 5 aromatic rings. The predicted molar refractivity (Wildman–Crippen MR) is 111 cm³/mol. The lowest BCUT2D eigenvalue weighted by molar-refractivity contribution is 0.714. The number of nitrogens with zero attached hydrogens (tertiary/aromatic N) is 4. The van der Waals surface area contributed by atoms with Crippen LogP contribution in [-0.4, -0.2) is 14.8 Å². The van der Waals surface area contributed by atoms with Crippen molar-refractivity contribution in [1.29, 1.82) is 5.26 Å². The van der Waals surface area contributed by atoms with Crippen LogP contribution in [0.4, 0.5) is 0 Å². The molecule has 0 saturated heterocycles. The number of benzene rings is 3. The summed E-state index contributed by atoms with van der Waals surface area (Å²) in [6.07, 6.45) is 1.74. The van der Waals surface area contributed by atoms with Crippen LogP contribution >= 0.6 is 0 Å². The van der Waals surface area contributed by atoms with Gasteiger partial charge >= 0.3 is 0 Å². The monoisotopic (exact) mass is 360 g/mol. The number of nitriles is 1. The Kier molecular flexibility index (Phi) is 3.85. The molecule has 0 saturated carbocycles. The number of pyridine rings is 1. The van der Waals surface area contributed by atoms with E-state index in [-0.39, 0.29) is 0 Å². The van der Waals surface area contributed by atoms with Gasteiger partial charge in [0, 0.05) is 10.9 Å². The van der Waals surface area contributed by atoms with Crippen molar-refractivity contribution in [3.8, 4) is 17.3 Å². The Morgan fingerprint density at radius 2 is 1.64 bits per heavy atom. The third-order valence-corrected chi connectivity index (χ3v) is 4.95. The predicted octanol–water partition coefficient (Wildman–Crippen LogP) is 5.17. The second-order valence-corrected chi connectivity index (χ2v) is 6.75. The molecule has 2 aromatic heterocycles. The van der Waals surface area contributed by atoms with Gasteiger partial charge < -0.3 is 0 Å². The van der Waals surface area contributed by atoms with Gasteiger partial charge in [-0.1, -0.05) is 66.7 Å². The van der Waals surface area contributed by atoms with Crippen molar-refractivity contribution in [2.45, 2.75) is 6.54 Å². The van der Waals surface area contributed by atoms with E-state index in [0.717, 1.165) is 22.2 Å². The third-order valence-electron chi connectivity index (χ3n) is 4.95. The normalized spacial score (nSPS) is 11.0. The highest BCUT2D eigenvalue weighted by atomic mass is 15.3. The first-order valence-electron chi connectivity index (χ1n) is 9.11. The Morgan fingerprint density at radius 1 is 0.857 bits per heavy atom. The van der Waals surface area contributed by atoms with Gasteiger partial charge in [-0.3, -0.25) is 4.68 Å². The Hall–Kier alpha value is -3.97. The fourth-order valence-electron chi connectivity index (χ4n) is 3.56. The van der Waals surface area contributed by atoms with Crippen LogP contribution in [0.2, 0.25) is 0 Å². The lowest BCUT2D eigenvalue weighted by atomic mass is 10.0. The molecule has 0 spiro atoms. The Bertz CT molecular complexity index is 1340. The summed E-state index contributed by atoms with van der Waals surface area (Å²) in [6, 6.07) is 28.8. The summed E-state index contributed by atoms with van der Waals surface area (Å²) in [6.45, 7) is 0.651. The molecule has 0 bridgehead atoms. The molecule has 2 heterocycles. The standard InChI is InChI=1S/C24H16N4/c25-14-21-13-22-23(15-26-21)28(16-17-6-2-1-3-7-17)27-24(22)20-11-10-18-8-4-5-9-19(18)12-20/h1-13,15H,16H2. The van der Waals surface area contributed by atoms with Crippen molar-refractivity contribution in [3.63, 3.8) is 0 Å². The average Bonchev–Trinajstić information content (AvgIpc) is 3.11. The van der Waals surface area contributed by atoms with Crippen LogP contribution in [0.25, 0.3) is 32.9 Å². The zero-order valence-electron chi connectivity index (χ0n) is 15.1. The fraction of sp³-hybridized carbons (Fsp3) is 0.0417. The first kappa shape index (κ1) is 16.2. The maximum absolute atomic E-state index is 9.30. The van der Waals surface area contributed by atoms with Crippen LogP contribution in [0.3, 0.4) is 0 Å². The van der Waals surface area contributed by atoms with Crippen molar-refractivity contribution in [2.24, 2.45) is 0 Å². The van der Waals surface area contributed by atoms with Crippen molar-refractivity contribution in [2.75, 3.05) is 0 Å². The first-order chi connectivity index (χ1) is 13.8. The molecule has 0 amide bonds. The molecule has 132 valence electrons. The molecule has 0 N–H and O–H groups in total. The molecule has 0 unspecified atom stereocenters. The highest BCUT2D eigenvalue weighted by molar-refractivity contribution is 5.96. The van der Waals surface area contributed by atoms with Crippen molar-refractivity contribution in [3.05, 3.63) is 96.3 Å². The van der Waals surface area contributed by atoms with E-state index in [1.165, 1.54) is 16.3 Å². The van der Waals surface area contributed by atoms with Crippen molar-refractivity contribution in [1.82, 2.24) is 14.8 Å². The quantitative estimate of drug-likeness (QED) is 0.446. The van der Waals surface area contributed by atoms with Gasteiger partial charge in [0.15, 0.2) is 0 Å². The zero-order chi connectivity index (χ0) is 18.9. The van der Waals surface area contributed by atoms with E-state index in [9.17, 15) is 5.26 Å². The molecule has 5 rings (SSSR count). The average molecular weight is 360 g/mol. The van der Waals surface area contributed by atoms with Crippen molar-refractivity contribution >= 4 is 21.7 Å². The van der Waals surface area contributed by atoms with Gasteiger partial charge in [-0.05, 0) is 28.5 Å². The van der Waals surface area contributed by atoms with E-state index in [1.54, 1.807) is 6.20 Å². The van der Waals surface area contributed by atoms with Crippen LogP contribution < -0.4 is 0 Å². The smallest absolute Gasteiger partial charge is 0.141 e. The van der Waals surface area contributed by atoms with E-state index in [4.69, 9.17) is 5.10 Å². The topological polar surface area (TPSA) is 54.5 Å². The summed E-state index contributed by atoms with van der Waals surface area (Å²) in [7, 11) is 0. The molecule has 0 aliphatic heterocycles. The molecule has 0 radical (unpaired) electrons. The summed E-state index contributed by atoms with van der Waals surface area (Å²) in [5.74, 6) is 0. The van der Waals surface area contributed by atoms with Crippen LogP contribution in [0.1, 0.15) is 11.3 Å². The van der Waals surface area contributed by atoms with Gasteiger partial charge in [0.2, 0.25) is 0 Å². The van der Waals surface area contributed by atoms with Crippen LogP contribution in [0.15, 0.2) is 85.1 Å². The molecule has 28 heavy (non-hydrogen) atoms. The largest absolute Gasteiger partial charge is 0.258 e. The molecular weight excluding hydrogens is 344 g/mol. The van der Waals surface area contributed by atoms with Gasteiger partial charge in [-0.15, -0.1) is 0 Å². The SMILES string of the molecule is N#Cc1cc2c(-c3ccc4ccccc4c3)nn(Cc3ccccc3)c2cn1. The Labute approximate surface area is 162 Å². The van der Waals surface area contributed by atoms with Gasteiger partial charge in [0.25, 0.3) is 0 Å². The minimum absolute atomic E-state index is 0.397. The minimum atomic E-state index is 0.397. The number of hydrogen-bond acceptors (Lipinski definition) is 3. The molecule has 0 aliphatic carbocycles. The van der Waals surface area contributed by atoms with Gasteiger partial charge in [-0.25, -0.2) is 4.98 Å². The molecule has 3 aromatic carbocycles. The molecular formula is C24H16N4.